The van der Waals surface area contributed by atoms with E-state index in [4.69, 9.17) is 10.3 Å². The number of hydrogen-bond acceptors (Lipinski definition) is 6. The van der Waals surface area contributed by atoms with Crippen molar-refractivity contribution in [3.63, 3.8) is 0 Å². The highest BCUT2D eigenvalue weighted by Gasteiger charge is 2.14. The van der Waals surface area contributed by atoms with Crippen LogP contribution in [0, 0.1) is 10.1 Å². The van der Waals surface area contributed by atoms with Crippen LogP contribution in [0.2, 0.25) is 0 Å². The summed E-state index contributed by atoms with van der Waals surface area (Å²) in [5.74, 6) is 0.553. The second-order valence-corrected chi connectivity index (χ2v) is 4.09. The number of non-ortho nitro benzene ring substituents is 1. The molecule has 0 aliphatic rings. The quantitative estimate of drug-likeness (QED) is 0.684. The minimum atomic E-state index is -0.492. The van der Waals surface area contributed by atoms with Crippen molar-refractivity contribution in [2.75, 3.05) is 0 Å². The van der Waals surface area contributed by atoms with E-state index in [0.717, 1.165) is 0 Å². The van der Waals surface area contributed by atoms with Crippen LogP contribution >= 0.6 is 15.9 Å². The Kier molecular flexibility index (Phi) is 3.16. The lowest BCUT2D eigenvalue weighted by atomic mass is 10.2. The number of benzene rings is 1. The number of hydrogen-bond donors (Lipinski definition) is 1. The Bertz CT molecular complexity index is 569. The third-order valence-corrected chi connectivity index (χ3v) is 2.45. The number of aromatic nitrogens is 2. The van der Waals surface area contributed by atoms with Gasteiger partial charge in [0, 0.05) is 22.2 Å². The fourth-order valence-corrected chi connectivity index (χ4v) is 1.74. The van der Waals surface area contributed by atoms with Crippen molar-refractivity contribution in [2.24, 2.45) is 5.73 Å². The van der Waals surface area contributed by atoms with E-state index in [9.17, 15) is 10.1 Å². The first kappa shape index (κ1) is 11.7. The summed E-state index contributed by atoms with van der Waals surface area (Å²) in [5.41, 5.74) is 5.76. The van der Waals surface area contributed by atoms with E-state index in [-0.39, 0.29) is 18.1 Å². The second kappa shape index (κ2) is 4.60. The van der Waals surface area contributed by atoms with Crippen LogP contribution in [0.3, 0.4) is 0 Å². The van der Waals surface area contributed by atoms with Crippen LogP contribution < -0.4 is 5.73 Å². The molecule has 17 heavy (non-hydrogen) atoms. The van der Waals surface area contributed by atoms with Gasteiger partial charge in [0.05, 0.1) is 11.5 Å². The number of halogens is 1. The number of rotatable bonds is 3. The highest BCUT2D eigenvalue weighted by atomic mass is 79.9. The SMILES string of the molecule is NCc1noc(-c2cc(Br)cc([N+](=O)[O-])c2)n1. The van der Waals surface area contributed by atoms with Gasteiger partial charge in [0.1, 0.15) is 0 Å². The zero-order chi connectivity index (χ0) is 12.4. The molecule has 0 amide bonds. The van der Waals surface area contributed by atoms with E-state index in [2.05, 4.69) is 26.1 Å². The lowest BCUT2D eigenvalue weighted by Crippen LogP contribution is -1.97. The molecule has 0 bridgehead atoms. The molecule has 0 radical (unpaired) electrons. The standard InChI is InChI=1S/C9H7BrN4O3/c10-6-1-5(2-7(3-6)14(15)16)9-12-8(4-11)13-17-9/h1-3H,4,11H2. The zero-order valence-corrected chi connectivity index (χ0v) is 10.0. The van der Waals surface area contributed by atoms with Crippen LogP contribution in [0.25, 0.3) is 11.5 Å². The van der Waals surface area contributed by atoms with Crippen molar-refractivity contribution in [3.05, 3.63) is 38.6 Å². The molecule has 1 aromatic heterocycles. The molecule has 1 heterocycles. The predicted molar refractivity (Wildman–Crippen MR) is 62.0 cm³/mol. The first-order chi connectivity index (χ1) is 8.10. The van der Waals surface area contributed by atoms with Crippen LogP contribution in [0.5, 0.6) is 0 Å². The zero-order valence-electron chi connectivity index (χ0n) is 8.46. The molecular weight excluding hydrogens is 292 g/mol. The van der Waals surface area contributed by atoms with Gasteiger partial charge in [-0.2, -0.15) is 4.98 Å². The molecule has 7 nitrogen and oxygen atoms in total. The molecule has 1 aromatic carbocycles. The molecule has 2 N–H and O–H groups in total. The summed E-state index contributed by atoms with van der Waals surface area (Å²) >= 11 is 3.18. The Balaban J connectivity index is 2.47. The van der Waals surface area contributed by atoms with Gasteiger partial charge in [-0.3, -0.25) is 10.1 Å². The summed E-state index contributed by atoms with van der Waals surface area (Å²) in [6, 6.07) is 4.41. The summed E-state index contributed by atoms with van der Waals surface area (Å²) in [4.78, 5) is 14.2. The van der Waals surface area contributed by atoms with Crippen LogP contribution in [0.4, 0.5) is 5.69 Å². The van der Waals surface area contributed by atoms with E-state index >= 15 is 0 Å². The third kappa shape index (κ3) is 2.48. The van der Waals surface area contributed by atoms with Gasteiger partial charge in [-0.1, -0.05) is 21.1 Å². The van der Waals surface area contributed by atoms with Crippen LogP contribution in [-0.4, -0.2) is 15.1 Å². The average Bonchev–Trinajstić information content (AvgIpc) is 2.76. The fourth-order valence-electron chi connectivity index (χ4n) is 1.26. The summed E-state index contributed by atoms with van der Waals surface area (Å²) in [5, 5.41) is 14.3. The van der Waals surface area contributed by atoms with E-state index in [1.54, 1.807) is 6.07 Å². The van der Waals surface area contributed by atoms with Gasteiger partial charge in [-0.15, -0.1) is 0 Å². The second-order valence-electron chi connectivity index (χ2n) is 3.18. The highest BCUT2D eigenvalue weighted by Crippen LogP contribution is 2.27. The van der Waals surface area contributed by atoms with Crippen molar-refractivity contribution in [1.29, 1.82) is 0 Å². The molecule has 88 valence electrons. The van der Waals surface area contributed by atoms with Gasteiger partial charge >= 0.3 is 0 Å². The van der Waals surface area contributed by atoms with Crippen LogP contribution in [0.15, 0.2) is 27.2 Å². The Labute approximate surface area is 104 Å². The lowest BCUT2D eigenvalue weighted by molar-refractivity contribution is -0.384. The molecule has 0 fully saturated rings. The summed E-state index contributed by atoms with van der Waals surface area (Å²) in [7, 11) is 0. The molecule has 8 heteroatoms. The van der Waals surface area contributed by atoms with Crippen molar-refractivity contribution in [1.82, 2.24) is 10.1 Å². The number of nitrogens with zero attached hydrogens (tertiary/aromatic N) is 3. The van der Waals surface area contributed by atoms with Gasteiger partial charge in [0.2, 0.25) is 0 Å². The number of nitro benzene ring substituents is 1. The highest BCUT2D eigenvalue weighted by molar-refractivity contribution is 9.10. The third-order valence-electron chi connectivity index (χ3n) is 1.99. The topological polar surface area (TPSA) is 108 Å². The first-order valence-electron chi connectivity index (χ1n) is 4.58. The maximum atomic E-state index is 10.7. The molecule has 0 saturated carbocycles. The Hall–Kier alpha value is -1.80. The molecule has 0 atom stereocenters. The van der Waals surface area contributed by atoms with E-state index in [0.29, 0.717) is 15.9 Å². The smallest absolute Gasteiger partial charge is 0.271 e. The Morgan fingerprint density at radius 2 is 2.24 bits per heavy atom. The average molecular weight is 299 g/mol. The fraction of sp³-hybridized carbons (Fsp3) is 0.111. The molecule has 0 unspecified atom stereocenters. The van der Waals surface area contributed by atoms with E-state index < -0.39 is 4.92 Å². The molecule has 0 aliphatic heterocycles. The summed E-state index contributed by atoms with van der Waals surface area (Å²) in [6.07, 6.45) is 0. The number of nitrogens with two attached hydrogens (primary N) is 1. The predicted octanol–water partition coefficient (Wildman–Crippen LogP) is 1.87. The molecular formula is C9H7BrN4O3. The molecule has 0 saturated heterocycles. The number of nitro groups is 1. The van der Waals surface area contributed by atoms with Gasteiger partial charge in [-0.25, -0.2) is 0 Å². The normalized spacial score (nSPS) is 10.5. The largest absolute Gasteiger partial charge is 0.334 e. The molecule has 2 rings (SSSR count). The summed E-state index contributed by atoms with van der Waals surface area (Å²) < 4.78 is 5.51. The van der Waals surface area contributed by atoms with E-state index in [1.807, 2.05) is 0 Å². The Morgan fingerprint density at radius 1 is 1.47 bits per heavy atom. The van der Waals surface area contributed by atoms with Gasteiger partial charge in [-0.05, 0) is 6.07 Å². The van der Waals surface area contributed by atoms with Crippen molar-refractivity contribution in [2.45, 2.75) is 6.54 Å². The maximum absolute atomic E-state index is 10.7. The molecule has 2 aromatic rings. The lowest BCUT2D eigenvalue weighted by Gasteiger charge is -1.97. The van der Waals surface area contributed by atoms with Crippen LogP contribution in [-0.2, 0) is 6.54 Å². The van der Waals surface area contributed by atoms with Gasteiger partial charge in [0.15, 0.2) is 5.82 Å². The molecule has 0 spiro atoms. The van der Waals surface area contributed by atoms with Crippen molar-refractivity contribution >= 4 is 21.6 Å². The minimum absolute atomic E-state index is 0.0538. The van der Waals surface area contributed by atoms with Crippen molar-refractivity contribution < 1.29 is 9.45 Å². The minimum Gasteiger partial charge on any atom is -0.334 e. The summed E-state index contributed by atoms with van der Waals surface area (Å²) in [6.45, 7) is 0.152. The van der Waals surface area contributed by atoms with Crippen LogP contribution in [0.1, 0.15) is 5.82 Å². The van der Waals surface area contributed by atoms with Gasteiger partial charge < -0.3 is 10.3 Å². The van der Waals surface area contributed by atoms with Crippen molar-refractivity contribution in [3.8, 4) is 11.5 Å². The van der Waals surface area contributed by atoms with E-state index in [1.165, 1.54) is 12.1 Å². The maximum Gasteiger partial charge on any atom is 0.271 e. The monoisotopic (exact) mass is 298 g/mol. The molecule has 0 aliphatic carbocycles. The first-order valence-corrected chi connectivity index (χ1v) is 5.37. The van der Waals surface area contributed by atoms with Gasteiger partial charge in [0.25, 0.3) is 11.6 Å². The Morgan fingerprint density at radius 3 is 2.82 bits per heavy atom.